The summed E-state index contributed by atoms with van der Waals surface area (Å²) in [6, 6.07) is 14.9. The van der Waals surface area contributed by atoms with Crippen molar-refractivity contribution in [2.45, 2.75) is 26.8 Å². The minimum Gasteiger partial charge on any atom is -0.359 e. The number of hydrogen-bond donors (Lipinski definition) is 3. The lowest BCUT2D eigenvalue weighted by Gasteiger charge is -2.25. The van der Waals surface area contributed by atoms with Crippen molar-refractivity contribution in [1.82, 2.24) is 16.0 Å². The third kappa shape index (κ3) is 4.72. The molecule has 0 heterocycles. The third-order valence-electron chi connectivity index (χ3n) is 4.39. The van der Waals surface area contributed by atoms with E-state index in [1.165, 1.54) is 16.3 Å². The van der Waals surface area contributed by atoms with E-state index in [2.05, 4.69) is 58.2 Å². The number of rotatable bonds is 5. The molecule has 0 fully saturated rings. The van der Waals surface area contributed by atoms with Crippen molar-refractivity contribution in [3.05, 3.63) is 48.0 Å². The first-order chi connectivity index (χ1) is 11.9. The first kappa shape index (κ1) is 18.8. The predicted molar refractivity (Wildman–Crippen MR) is 105 cm³/mol. The van der Waals surface area contributed by atoms with Crippen molar-refractivity contribution < 1.29 is 4.79 Å². The van der Waals surface area contributed by atoms with Crippen LogP contribution in [0.2, 0.25) is 0 Å². The number of hydrogen-bond acceptors (Lipinski definition) is 2. The van der Waals surface area contributed by atoms with Gasteiger partial charge in [-0.25, -0.2) is 0 Å². The van der Waals surface area contributed by atoms with Crippen LogP contribution in [0, 0.1) is 5.41 Å². The molecule has 2 rings (SSSR count). The third-order valence-corrected chi connectivity index (χ3v) is 4.39. The SMILES string of the molecule is CN=C(NCC(C)(C)C(=O)NC)NC(C)c1ccc2ccccc2c1. The molecule has 0 aliphatic rings. The van der Waals surface area contributed by atoms with Gasteiger partial charge in [0.25, 0.3) is 0 Å². The summed E-state index contributed by atoms with van der Waals surface area (Å²) in [5.74, 6) is 0.677. The highest BCUT2D eigenvalue weighted by Crippen LogP contribution is 2.20. The topological polar surface area (TPSA) is 65.5 Å². The van der Waals surface area contributed by atoms with Crippen molar-refractivity contribution in [2.24, 2.45) is 10.4 Å². The Morgan fingerprint density at radius 3 is 2.48 bits per heavy atom. The lowest BCUT2D eigenvalue weighted by atomic mass is 9.92. The Morgan fingerprint density at radius 2 is 1.84 bits per heavy atom. The fourth-order valence-corrected chi connectivity index (χ4v) is 2.68. The van der Waals surface area contributed by atoms with Gasteiger partial charge in [-0.2, -0.15) is 0 Å². The smallest absolute Gasteiger partial charge is 0.227 e. The molecule has 0 aliphatic heterocycles. The lowest BCUT2D eigenvalue weighted by molar-refractivity contribution is -0.128. The molecule has 134 valence electrons. The van der Waals surface area contributed by atoms with Crippen LogP contribution in [0.15, 0.2) is 47.5 Å². The molecule has 0 saturated heterocycles. The number of nitrogens with zero attached hydrogens (tertiary/aromatic N) is 1. The van der Waals surface area contributed by atoms with Gasteiger partial charge in [-0.1, -0.05) is 36.4 Å². The van der Waals surface area contributed by atoms with E-state index in [0.717, 1.165) is 0 Å². The summed E-state index contributed by atoms with van der Waals surface area (Å²) in [4.78, 5) is 16.2. The van der Waals surface area contributed by atoms with Gasteiger partial charge in [-0.3, -0.25) is 9.79 Å². The Kier molecular flexibility index (Phi) is 6.02. The highest BCUT2D eigenvalue weighted by molar-refractivity contribution is 5.85. The summed E-state index contributed by atoms with van der Waals surface area (Å²) in [6.45, 7) is 6.40. The molecule has 1 amide bonds. The van der Waals surface area contributed by atoms with Crippen LogP contribution in [0.1, 0.15) is 32.4 Å². The summed E-state index contributed by atoms with van der Waals surface area (Å²) in [7, 11) is 3.38. The van der Waals surface area contributed by atoms with Crippen LogP contribution in [0.3, 0.4) is 0 Å². The van der Waals surface area contributed by atoms with E-state index in [4.69, 9.17) is 0 Å². The molecule has 3 N–H and O–H groups in total. The highest BCUT2D eigenvalue weighted by Gasteiger charge is 2.26. The maximum Gasteiger partial charge on any atom is 0.227 e. The van der Waals surface area contributed by atoms with E-state index in [1.807, 2.05) is 26.0 Å². The molecule has 2 aromatic rings. The van der Waals surface area contributed by atoms with E-state index in [-0.39, 0.29) is 11.9 Å². The number of carbonyl (C=O) groups is 1. The normalized spacial score (nSPS) is 13.4. The molecule has 0 aromatic heterocycles. The quantitative estimate of drug-likeness (QED) is 0.579. The summed E-state index contributed by atoms with van der Waals surface area (Å²) in [5, 5.41) is 11.8. The first-order valence-corrected chi connectivity index (χ1v) is 8.55. The van der Waals surface area contributed by atoms with Crippen LogP contribution in [0.4, 0.5) is 0 Å². The van der Waals surface area contributed by atoms with E-state index in [1.54, 1.807) is 14.1 Å². The minimum absolute atomic E-state index is 0.00182. The van der Waals surface area contributed by atoms with Crippen LogP contribution in [0.5, 0.6) is 0 Å². The number of guanidine groups is 1. The van der Waals surface area contributed by atoms with Gasteiger partial charge in [-0.05, 0) is 43.2 Å². The Balaban J connectivity index is 2.03. The zero-order chi connectivity index (χ0) is 18.4. The predicted octanol–water partition coefficient (Wildman–Crippen LogP) is 2.84. The number of carbonyl (C=O) groups excluding carboxylic acids is 1. The van der Waals surface area contributed by atoms with Gasteiger partial charge < -0.3 is 16.0 Å². The second-order valence-corrected chi connectivity index (χ2v) is 6.86. The summed E-state index contributed by atoms with van der Waals surface area (Å²) in [5.41, 5.74) is 0.672. The van der Waals surface area contributed by atoms with Crippen LogP contribution < -0.4 is 16.0 Å². The highest BCUT2D eigenvalue weighted by atomic mass is 16.2. The molecule has 0 aliphatic carbocycles. The Morgan fingerprint density at radius 1 is 1.16 bits per heavy atom. The molecule has 1 unspecified atom stereocenters. The average molecular weight is 340 g/mol. The van der Waals surface area contributed by atoms with E-state index >= 15 is 0 Å². The Hall–Kier alpha value is -2.56. The molecule has 5 heteroatoms. The van der Waals surface area contributed by atoms with Gasteiger partial charge in [-0.15, -0.1) is 0 Å². The summed E-state index contributed by atoms with van der Waals surface area (Å²) >= 11 is 0. The maximum absolute atomic E-state index is 11.9. The van der Waals surface area contributed by atoms with Crippen LogP contribution in [-0.2, 0) is 4.79 Å². The molecule has 0 radical (unpaired) electrons. The van der Waals surface area contributed by atoms with Gasteiger partial charge in [0.05, 0.1) is 11.5 Å². The van der Waals surface area contributed by atoms with Crippen molar-refractivity contribution in [2.75, 3.05) is 20.6 Å². The molecule has 2 aromatic carbocycles. The lowest BCUT2D eigenvalue weighted by Crippen LogP contribution is -2.47. The van der Waals surface area contributed by atoms with Crippen molar-refractivity contribution in [1.29, 1.82) is 0 Å². The van der Waals surface area contributed by atoms with Gasteiger partial charge >= 0.3 is 0 Å². The standard InChI is InChI=1S/C20H28N4O/c1-14(16-11-10-15-8-6-7-9-17(15)12-16)24-19(22-5)23-13-20(2,3)18(25)21-4/h6-12,14H,13H2,1-5H3,(H,21,25)(H2,22,23,24). The maximum atomic E-state index is 11.9. The average Bonchev–Trinajstić information content (AvgIpc) is 2.63. The number of aliphatic imine (C=N–C) groups is 1. The molecule has 25 heavy (non-hydrogen) atoms. The van der Waals surface area contributed by atoms with Crippen molar-refractivity contribution in [3.8, 4) is 0 Å². The molecular weight excluding hydrogens is 312 g/mol. The molecule has 1 atom stereocenters. The number of nitrogens with one attached hydrogen (secondary N) is 3. The molecule has 0 saturated carbocycles. The Labute approximate surface area is 149 Å². The first-order valence-electron chi connectivity index (χ1n) is 8.55. The summed E-state index contributed by atoms with van der Waals surface area (Å²) in [6.07, 6.45) is 0. The van der Waals surface area contributed by atoms with E-state index in [0.29, 0.717) is 12.5 Å². The minimum atomic E-state index is -0.515. The number of amides is 1. The monoisotopic (exact) mass is 340 g/mol. The molecule has 0 spiro atoms. The second kappa shape index (κ2) is 8.01. The van der Waals surface area contributed by atoms with E-state index < -0.39 is 5.41 Å². The van der Waals surface area contributed by atoms with Gasteiger partial charge in [0.2, 0.25) is 5.91 Å². The molecular formula is C20H28N4O. The largest absolute Gasteiger partial charge is 0.359 e. The number of benzene rings is 2. The van der Waals surface area contributed by atoms with Crippen molar-refractivity contribution in [3.63, 3.8) is 0 Å². The molecule has 5 nitrogen and oxygen atoms in total. The van der Waals surface area contributed by atoms with Gasteiger partial charge in [0.15, 0.2) is 5.96 Å². The number of fused-ring (bicyclic) bond motifs is 1. The fourth-order valence-electron chi connectivity index (χ4n) is 2.68. The van der Waals surface area contributed by atoms with Crippen LogP contribution in [0.25, 0.3) is 10.8 Å². The summed E-state index contributed by atoms with van der Waals surface area (Å²) < 4.78 is 0. The fraction of sp³-hybridized carbons (Fsp3) is 0.400. The van der Waals surface area contributed by atoms with Crippen molar-refractivity contribution >= 4 is 22.6 Å². The van der Waals surface area contributed by atoms with Crippen LogP contribution >= 0.6 is 0 Å². The second-order valence-electron chi connectivity index (χ2n) is 6.86. The van der Waals surface area contributed by atoms with E-state index in [9.17, 15) is 4.79 Å². The van der Waals surface area contributed by atoms with Gasteiger partial charge in [0, 0.05) is 20.6 Å². The zero-order valence-electron chi connectivity index (χ0n) is 15.7. The Bertz CT molecular complexity index is 767. The molecule has 0 bridgehead atoms. The van der Waals surface area contributed by atoms with Gasteiger partial charge in [0.1, 0.15) is 0 Å². The van der Waals surface area contributed by atoms with Crippen LogP contribution in [-0.4, -0.2) is 32.5 Å². The zero-order valence-corrected chi connectivity index (χ0v) is 15.7.